The van der Waals surface area contributed by atoms with Crippen LogP contribution >= 0.6 is 11.6 Å². The summed E-state index contributed by atoms with van der Waals surface area (Å²) in [5, 5.41) is 19.0. The average molecular weight is 558 g/mol. The molecule has 3 N–H and O–H groups in total. The minimum absolute atomic E-state index is 0.117. The molecule has 2 aliphatic rings. The van der Waals surface area contributed by atoms with Crippen molar-refractivity contribution in [1.29, 1.82) is 0 Å². The molecule has 2 aliphatic heterocycles. The molecule has 9 heteroatoms. The molecule has 0 aromatic heterocycles. The van der Waals surface area contributed by atoms with E-state index in [0.29, 0.717) is 50.5 Å². The fourth-order valence-electron chi connectivity index (χ4n) is 5.85. The first-order valence-electron chi connectivity index (χ1n) is 13.9. The number of alkyl carbamates (subject to hydrolysis) is 1. The van der Waals surface area contributed by atoms with Crippen molar-refractivity contribution >= 4 is 23.6 Å². The van der Waals surface area contributed by atoms with E-state index in [-0.39, 0.29) is 11.8 Å². The lowest BCUT2D eigenvalue weighted by Gasteiger charge is -2.44. The Morgan fingerprint density at radius 1 is 1.23 bits per heavy atom. The summed E-state index contributed by atoms with van der Waals surface area (Å²) in [6, 6.07) is 11.8. The van der Waals surface area contributed by atoms with Crippen molar-refractivity contribution in [3.05, 3.63) is 52.5 Å². The number of carbonyl (C=O) groups excluding carboxylic acids is 2. The number of nitrogens with zero attached hydrogens (tertiary/aromatic N) is 1. The molecule has 1 saturated heterocycles. The molecule has 0 aliphatic carbocycles. The summed E-state index contributed by atoms with van der Waals surface area (Å²) in [4.78, 5) is 26.6. The number of ether oxygens (including phenoxy) is 2. The monoisotopic (exact) mass is 557 g/mol. The molecule has 212 valence electrons. The summed E-state index contributed by atoms with van der Waals surface area (Å²) in [5.74, 6) is 0.771. The first kappa shape index (κ1) is 29.2. The Morgan fingerprint density at radius 2 is 2.08 bits per heavy atom. The van der Waals surface area contributed by atoms with E-state index in [9.17, 15) is 14.7 Å². The van der Waals surface area contributed by atoms with Gasteiger partial charge in [0.05, 0.1) is 19.3 Å². The smallest absolute Gasteiger partial charge is 0.406 e. The van der Waals surface area contributed by atoms with Crippen molar-refractivity contribution in [2.24, 2.45) is 5.92 Å². The molecule has 8 nitrogen and oxygen atoms in total. The summed E-state index contributed by atoms with van der Waals surface area (Å²) >= 11 is 6.84. The number of fused-ring (bicyclic) bond motifs is 1. The van der Waals surface area contributed by atoms with Crippen LogP contribution in [0, 0.1) is 5.92 Å². The molecule has 0 spiro atoms. The zero-order valence-corrected chi connectivity index (χ0v) is 23.7. The molecule has 39 heavy (non-hydrogen) atoms. The van der Waals surface area contributed by atoms with E-state index in [1.54, 1.807) is 0 Å². The lowest BCUT2D eigenvalue weighted by molar-refractivity contribution is -0.136. The number of hydrogen-bond acceptors (Lipinski definition) is 6. The Balaban J connectivity index is 1.67. The SMILES string of the molecule is CNCCCC(=O)N1CCC[C@@H]([C@@](O)(CCCNC(=O)OC)c2cccc(Cl)c2-c2ccc3c(c2)OCC3)C1. The highest BCUT2D eigenvalue weighted by Gasteiger charge is 2.43. The van der Waals surface area contributed by atoms with Gasteiger partial charge in [0, 0.05) is 49.0 Å². The standard InChI is InChI=1S/C30H40ClN3O5/c1-32-15-4-10-27(35)34-17-5-7-23(20-34)30(37,14-6-16-33-29(36)38-2)24-8-3-9-25(31)28(24)22-12-11-21-13-18-39-26(21)19-22/h3,8-9,11-12,19,23,32,37H,4-7,10,13-18,20H2,1-2H3,(H,33,36)/t23-,30+/m1/s1. The molecule has 2 atom stereocenters. The molecule has 4 rings (SSSR count). The molecular formula is C30H40ClN3O5. The van der Waals surface area contributed by atoms with Crippen LogP contribution in [0.3, 0.4) is 0 Å². The highest BCUT2D eigenvalue weighted by molar-refractivity contribution is 6.33. The van der Waals surface area contributed by atoms with Crippen molar-refractivity contribution in [1.82, 2.24) is 15.5 Å². The van der Waals surface area contributed by atoms with Crippen molar-refractivity contribution in [2.75, 3.05) is 46.9 Å². The van der Waals surface area contributed by atoms with Gasteiger partial charge >= 0.3 is 6.09 Å². The zero-order chi connectivity index (χ0) is 27.8. The number of piperidine rings is 1. The molecule has 2 heterocycles. The number of amides is 2. The fraction of sp³-hybridized carbons (Fsp3) is 0.533. The zero-order valence-electron chi connectivity index (χ0n) is 22.9. The average Bonchev–Trinajstić information content (AvgIpc) is 3.43. The number of halogens is 1. The summed E-state index contributed by atoms with van der Waals surface area (Å²) in [7, 11) is 3.21. The molecule has 1 fully saturated rings. The number of hydrogen-bond donors (Lipinski definition) is 3. The Hall–Kier alpha value is -2.81. The maximum absolute atomic E-state index is 13.0. The van der Waals surface area contributed by atoms with Gasteiger partial charge in [-0.2, -0.15) is 0 Å². The van der Waals surface area contributed by atoms with Gasteiger partial charge in [0.1, 0.15) is 5.75 Å². The van der Waals surface area contributed by atoms with Gasteiger partial charge in [-0.25, -0.2) is 4.79 Å². The Bertz CT molecular complexity index is 1160. The van der Waals surface area contributed by atoms with E-state index < -0.39 is 11.7 Å². The summed E-state index contributed by atoms with van der Waals surface area (Å²) < 4.78 is 10.5. The number of carbonyl (C=O) groups is 2. The van der Waals surface area contributed by atoms with Gasteiger partial charge < -0.3 is 30.1 Å². The van der Waals surface area contributed by atoms with Crippen LogP contribution in [0.15, 0.2) is 36.4 Å². The minimum Gasteiger partial charge on any atom is -0.493 e. The molecule has 0 radical (unpaired) electrons. The number of nitrogens with one attached hydrogen (secondary N) is 2. The van der Waals surface area contributed by atoms with Gasteiger partial charge in [-0.1, -0.05) is 35.9 Å². The Labute approximate surface area is 236 Å². The van der Waals surface area contributed by atoms with E-state index in [1.807, 2.05) is 42.3 Å². The highest BCUT2D eigenvalue weighted by Crippen LogP contribution is 2.46. The number of benzene rings is 2. The van der Waals surface area contributed by atoms with Gasteiger partial charge in [-0.3, -0.25) is 4.79 Å². The van der Waals surface area contributed by atoms with E-state index in [0.717, 1.165) is 60.2 Å². The van der Waals surface area contributed by atoms with Crippen molar-refractivity contribution in [2.45, 2.75) is 50.5 Å². The van der Waals surface area contributed by atoms with Crippen molar-refractivity contribution in [3.8, 4) is 16.9 Å². The van der Waals surface area contributed by atoms with Gasteiger partial charge in [0.25, 0.3) is 0 Å². The first-order valence-corrected chi connectivity index (χ1v) is 14.3. The first-order chi connectivity index (χ1) is 18.9. The van der Waals surface area contributed by atoms with Crippen molar-refractivity contribution < 1.29 is 24.2 Å². The van der Waals surface area contributed by atoms with Crippen LogP contribution < -0.4 is 15.4 Å². The Morgan fingerprint density at radius 3 is 2.87 bits per heavy atom. The molecule has 2 aromatic rings. The number of likely N-dealkylation sites (tertiary alicyclic amines) is 1. The van der Waals surface area contributed by atoms with E-state index in [1.165, 1.54) is 7.11 Å². The van der Waals surface area contributed by atoms with Crippen LogP contribution in [-0.4, -0.2) is 69.0 Å². The molecule has 0 bridgehead atoms. The van der Waals surface area contributed by atoms with Gasteiger partial charge in [0.2, 0.25) is 5.91 Å². The predicted octanol–water partition coefficient (Wildman–Crippen LogP) is 4.50. The summed E-state index contributed by atoms with van der Waals surface area (Å²) in [5.41, 5.74) is 2.29. The highest BCUT2D eigenvalue weighted by atomic mass is 35.5. The number of methoxy groups -OCH3 is 1. The van der Waals surface area contributed by atoms with Crippen LogP contribution in [0.1, 0.15) is 49.7 Å². The molecular weight excluding hydrogens is 518 g/mol. The largest absolute Gasteiger partial charge is 0.493 e. The Kier molecular flexibility index (Phi) is 10.1. The molecule has 2 amide bonds. The van der Waals surface area contributed by atoms with E-state index in [4.69, 9.17) is 21.1 Å². The predicted molar refractivity (Wildman–Crippen MR) is 152 cm³/mol. The quantitative estimate of drug-likeness (QED) is 0.352. The fourth-order valence-corrected chi connectivity index (χ4v) is 6.13. The lowest BCUT2D eigenvalue weighted by atomic mass is 9.72. The van der Waals surface area contributed by atoms with Crippen LogP contribution in [0.25, 0.3) is 11.1 Å². The van der Waals surface area contributed by atoms with Crippen LogP contribution in [0.2, 0.25) is 5.02 Å². The molecule has 0 saturated carbocycles. The van der Waals surface area contributed by atoms with Gasteiger partial charge in [-0.15, -0.1) is 0 Å². The number of aliphatic hydroxyl groups is 1. The molecule has 2 aromatic carbocycles. The van der Waals surface area contributed by atoms with Crippen LogP contribution in [-0.2, 0) is 21.6 Å². The maximum Gasteiger partial charge on any atom is 0.406 e. The van der Waals surface area contributed by atoms with Crippen LogP contribution in [0.5, 0.6) is 5.75 Å². The maximum atomic E-state index is 13.0. The van der Waals surface area contributed by atoms with Crippen LogP contribution in [0.4, 0.5) is 4.79 Å². The van der Waals surface area contributed by atoms with Gasteiger partial charge in [0.15, 0.2) is 0 Å². The van der Waals surface area contributed by atoms with Crippen molar-refractivity contribution in [3.63, 3.8) is 0 Å². The second-order valence-corrected chi connectivity index (χ2v) is 10.8. The minimum atomic E-state index is -1.28. The summed E-state index contributed by atoms with van der Waals surface area (Å²) in [6.07, 6.45) is 4.13. The summed E-state index contributed by atoms with van der Waals surface area (Å²) in [6.45, 7) is 2.97. The topological polar surface area (TPSA) is 100 Å². The third-order valence-corrected chi connectivity index (χ3v) is 8.24. The molecule has 0 unspecified atom stereocenters. The van der Waals surface area contributed by atoms with Gasteiger partial charge in [-0.05, 0) is 74.5 Å². The van der Waals surface area contributed by atoms with E-state index >= 15 is 0 Å². The third kappa shape index (κ3) is 6.86. The number of rotatable bonds is 11. The second kappa shape index (κ2) is 13.5. The lowest BCUT2D eigenvalue weighted by Crippen LogP contribution is -2.48. The second-order valence-electron chi connectivity index (χ2n) is 10.4. The third-order valence-electron chi connectivity index (χ3n) is 7.92. The van der Waals surface area contributed by atoms with E-state index in [2.05, 4.69) is 16.7 Å². The normalized spacial score (nSPS) is 18.2.